The van der Waals surface area contributed by atoms with Crippen LogP contribution in [0.1, 0.15) is 10.4 Å². The Labute approximate surface area is 90.0 Å². The highest BCUT2D eigenvalue weighted by Crippen LogP contribution is 2.08. The second-order valence-corrected chi connectivity index (χ2v) is 3.36. The van der Waals surface area contributed by atoms with Crippen LogP contribution >= 0.6 is 0 Å². The Hall–Kier alpha value is -1.77. The van der Waals surface area contributed by atoms with Crippen LogP contribution < -0.4 is 0 Å². The Bertz CT molecular complexity index is 355. The molecule has 80 valence electrons. The minimum atomic E-state index is -0.105. The van der Waals surface area contributed by atoms with Crippen LogP contribution in [0.15, 0.2) is 42.3 Å². The minimum Gasteiger partial charge on any atom is -0.491 e. The SMILES string of the molecule is CO/C(=C\N(C)C)C(=O)c1ccccc1. The summed E-state index contributed by atoms with van der Waals surface area (Å²) in [5.74, 6) is 0.234. The van der Waals surface area contributed by atoms with Gasteiger partial charge in [-0.3, -0.25) is 4.79 Å². The monoisotopic (exact) mass is 205 g/mol. The Balaban J connectivity index is 2.93. The van der Waals surface area contributed by atoms with Gasteiger partial charge in [0.25, 0.3) is 0 Å². The number of allylic oxidation sites excluding steroid dienone is 1. The molecule has 1 rings (SSSR count). The van der Waals surface area contributed by atoms with Crippen molar-refractivity contribution in [2.45, 2.75) is 0 Å². The molecule has 0 spiro atoms. The first-order valence-corrected chi connectivity index (χ1v) is 4.67. The second kappa shape index (κ2) is 5.20. The average molecular weight is 205 g/mol. The average Bonchev–Trinajstić information content (AvgIpc) is 2.26. The predicted molar refractivity (Wildman–Crippen MR) is 59.6 cm³/mol. The number of nitrogens with zero attached hydrogens (tertiary/aromatic N) is 1. The Kier molecular flexibility index (Phi) is 3.92. The van der Waals surface area contributed by atoms with Gasteiger partial charge >= 0.3 is 0 Å². The van der Waals surface area contributed by atoms with Gasteiger partial charge in [-0.05, 0) is 0 Å². The third-order valence-corrected chi connectivity index (χ3v) is 1.86. The van der Waals surface area contributed by atoms with Gasteiger partial charge in [0, 0.05) is 25.9 Å². The fourth-order valence-electron chi connectivity index (χ4n) is 1.17. The van der Waals surface area contributed by atoms with Crippen LogP contribution in [-0.2, 0) is 4.74 Å². The number of methoxy groups -OCH3 is 1. The van der Waals surface area contributed by atoms with E-state index in [4.69, 9.17) is 4.74 Å². The van der Waals surface area contributed by atoms with Crippen molar-refractivity contribution in [3.05, 3.63) is 47.9 Å². The lowest BCUT2D eigenvalue weighted by molar-refractivity contribution is 0.0948. The Morgan fingerprint density at radius 2 is 1.87 bits per heavy atom. The van der Waals surface area contributed by atoms with Crippen molar-refractivity contribution in [2.24, 2.45) is 0 Å². The maximum absolute atomic E-state index is 11.9. The summed E-state index contributed by atoms with van der Waals surface area (Å²) >= 11 is 0. The van der Waals surface area contributed by atoms with Crippen molar-refractivity contribution in [3.63, 3.8) is 0 Å². The summed E-state index contributed by atoms with van der Waals surface area (Å²) < 4.78 is 5.05. The lowest BCUT2D eigenvalue weighted by Crippen LogP contribution is -2.11. The van der Waals surface area contributed by atoms with E-state index in [1.165, 1.54) is 7.11 Å². The van der Waals surface area contributed by atoms with Crippen LogP contribution in [0.4, 0.5) is 0 Å². The summed E-state index contributed by atoms with van der Waals surface area (Å²) in [4.78, 5) is 13.7. The van der Waals surface area contributed by atoms with Crippen LogP contribution in [0.2, 0.25) is 0 Å². The molecular weight excluding hydrogens is 190 g/mol. The molecule has 0 aliphatic carbocycles. The highest BCUT2D eigenvalue weighted by atomic mass is 16.5. The van der Waals surface area contributed by atoms with Gasteiger partial charge in [0.1, 0.15) is 0 Å². The molecule has 0 atom stereocenters. The molecule has 0 aromatic heterocycles. The van der Waals surface area contributed by atoms with Gasteiger partial charge in [0.15, 0.2) is 5.76 Å². The summed E-state index contributed by atoms with van der Waals surface area (Å²) in [6.45, 7) is 0. The van der Waals surface area contributed by atoms with E-state index in [0.717, 1.165) is 0 Å². The second-order valence-electron chi connectivity index (χ2n) is 3.36. The van der Waals surface area contributed by atoms with Crippen LogP contribution in [0, 0.1) is 0 Å². The molecule has 0 fully saturated rings. The number of carbonyl (C=O) groups is 1. The van der Waals surface area contributed by atoms with E-state index in [-0.39, 0.29) is 5.78 Å². The summed E-state index contributed by atoms with van der Waals surface area (Å²) in [7, 11) is 5.19. The molecule has 0 amide bonds. The fourth-order valence-corrected chi connectivity index (χ4v) is 1.17. The van der Waals surface area contributed by atoms with E-state index >= 15 is 0 Å². The molecule has 1 aromatic rings. The van der Waals surface area contributed by atoms with Crippen molar-refractivity contribution in [1.29, 1.82) is 0 Å². The maximum Gasteiger partial charge on any atom is 0.229 e. The molecule has 0 radical (unpaired) electrons. The Morgan fingerprint density at radius 3 is 2.33 bits per heavy atom. The summed E-state index contributed by atoms with van der Waals surface area (Å²) in [6, 6.07) is 9.07. The predicted octanol–water partition coefficient (Wildman–Crippen LogP) is 1.92. The van der Waals surface area contributed by atoms with Crippen molar-refractivity contribution in [2.75, 3.05) is 21.2 Å². The molecule has 0 unspecified atom stereocenters. The lowest BCUT2D eigenvalue weighted by Gasteiger charge is -2.09. The zero-order valence-electron chi connectivity index (χ0n) is 9.23. The fraction of sp³-hybridized carbons (Fsp3) is 0.250. The number of carbonyl (C=O) groups excluding carboxylic acids is 1. The Morgan fingerprint density at radius 1 is 1.27 bits per heavy atom. The third kappa shape index (κ3) is 3.13. The molecule has 3 heteroatoms. The van der Waals surface area contributed by atoms with E-state index in [9.17, 15) is 4.79 Å². The van der Waals surface area contributed by atoms with Gasteiger partial charge in [-0.15, -0.1) is 0 Å². The van der Waals surface area contributed by atoms with E-state index in [1.807, 2.05) is 32.3 Å². The van der Waals surface area contributed by atoms with Crippen LogP contribution in [0.5, 0.6) is 0 Å². The third-order valence-electron chi connectivity index (χ3n) is 1.86. The lowest BCUT2D eigenvalue weighted by atomic mass is 10.1. The largest absolute Gasteiger partial charge is 0.491 e. The van der Waals surface area contributed by atoms with Gasteiger partial charge in [0.2, 0.25) is 5.78 Å². The number of benzene rings is 1. The molecule has 0 aliphatic heterocycles. The molecule has 0 N–H and O–H groups in total. The van der Waals surface area contributed by atoms with Gasteiger partial charge in [-0.25, -0.2) is 0 Å². The topological polar surface area (TPSA) is 29.5 Å². The molecule has 3 nitrogen and oxygen atoms in total. The first-order valence-electron chi connectivity index (χ1n) is 4.67. The molecule has 1 aromatic carbocycles. The first kappa shape index (κ1) is 11.3. The zero-order valence-corrected chi connectivity index (χ0v) is 9.23. The van der Waals surface area contributed by atoms with Crippen LogP contribution in [-0.4, -0.2) is 31.9 Å². The van der Waals surface area contributed by atoms with Gasteiger partial charge in [-0.2, -0.15) is 0 Å². The molecule has 0 saturated carbocycles. The maximum atomic E-state index is 11.9. The molecule has 0 heterocycles. The number of hydrogen-bond donors (Lipinski definition) is 0. The molecular formula is C12H15NO2. The van der Waals surface area contributed by atoms with E-state index in [2.05, 4.69) is 0 Å². The van der Waals surface area contributed by atoms with Crippen molar-refractivity contribution < 1.29 is 9.53 Å². The number of ketones is 1. The van der Waals surface area contributed by atoms with E-state index in [1.54, 1.807) is 23.2 Å². The van der Waals surface area contributed by atoms with Crippen molar-refractivity contribution in [3.8, 4) is 0 Å². The van der Waals surface area contributed by atoms with Crippen LogP contribution in [0.25, 0.3) is 0 Å². The number of Topliss-reactive ketones (excluding diaryl/α,β-unsaturated/α-hetero) is 1. The van der Waals surface area contributed by atoms with Crippen molar-refractivity contribution in [1.82, 2.24) is 4.90 Å². The zero-order chi connectivity index (χ0) is 11.3. The summed E-state index contributed by atoms with van der Waals surface area (Å²) in [6.07, 6.45) is 1.66. The number of ether oxygens (including phenoxy) is 1. The smallest absolute Gasteiger partial charge is 0.229 e. The van der Waals surface area contributed by atoms with Crippen LogP contribution in [0.3, 0.4) is 0 Å². The highest BCUT2D eigenvalue weighted by Gasteiger charge is 2.12. The summed E-state index contributed by atoms with van der Waals surface area (Å²) in [5.41, 5.74) is 0.632. The molecule has 0 aliphatic rings. The number of rotatable bonds is 4. The molecule has 0 saturated heterocycles. The molecule has 15 heavy (non-hydrogen) atoms. The van der Waals surface area contributed by atoms with E-state index in [0.29, 0.717) is 11.3 Å². The first-order chi connectivity index (χ1) is 7.15. The quantitative estimate of drug-likeness (QED) is 0.427. The van der Waals surface area contributed by atoms with Crippen molar-refractivity contribution >= 4 is 5.78 Å². The van der Waals surface area contributed by atoms with Gasteiger partial charge < -0.3 is 9.64 Å². The standard InChI is InChI=1S/C12H15NO2/c1-13(2)9-11(15-3)12(14)10-7-5-4-6-8-10/h4-9H,1-3H3/b11-9-. The van der Waals surface area contributed by atoms with Gasteiger partial charge in [-0.1, -0.05) is 30.3 Å². The number of hydrogen-bond acceptors (Lipinski definition) is 3. The minimum absolute atomic E-state index is 0.105. The van der Waals surface area contributed by atoms with Gasteiger partial charge in [0.05, 0.1) is 7.11 Å². The highest BCUT2D eigenvalue weighted by molar-refractivity contribution is 6.07. The summed E-state index contributed by atoms with van der Waals surface area (Å²) in [5, 5.41) is 0. The molecule has 0 bridgehead atoms. The normalized spacial score (nSPS) is 11.0. The van der Waals surface area contributed by atoms with E-state index < -0.39 is 0 Å².